The van der Waals surface area contributed by atoms with Crippen molar-refractivity contribution in [3.63, 3.8) is 0 Å². The molecule has 3 aromatic carbocycles. The molecule has 5 aromatic rings. The Balaban J connectivity index is 1.90. The monoisotopic (exact) mass is 439 g/mol. The van der Waals surface area contributed by atoms with Crippen molar-refractivity contribution < 1.29 is 14.3 Å². The number of pyridine rings is 1. The second kappa shape index (κ2) is 7.63. The van der Waals surface area contributed by atoms with Crippen LogP contribution >= 0.6 is 0 Å². The minimum atomic E-state index is -1.41. The molecule has 0 unspecified atom stereocenters. The lowest BCUT2D eigenvalue weighted by atomic mass is 10.0. The maximum Gasteiger partial charge on any atom is 0.341 e. The average molecular weight is 439 g/mol. The van der Waals surface area contributed by atoms with Gasteiger partial charge in [0.25, 0.3) is 0 Å². The zero-order valence-electron chi connectivity index (χ0n) is 17.8. The summed E-state index contributed by atoms with van der Waals surface area (Å²) in [5.41, 5.74) is 4.05. The lowest BCUT2D eigenvalue weighted by molar-refractivity contribution is 0.0695. The Bertz CT molecular complexity index is 1620. The van der Waals surface area contributed by atoms with Crippen molar-refractivity contribution in [1.82, 2.24) is 15.0 Å². The van der Waals surface area contributed by atoms with Crippen molar-refractivity contribution in [3.8, 4) is 22.5 Å². The third-order valence-corrected chi connectivity index (χ3v) is 5.64. The number of carboxylic acid groups (broad SMARTS) is 1. The molecule has 6 nitrogen and oxygen atoms in total. The molecule has 0 spiro atoms. The molecule has 0 aliphatic heterocycles. The number of benzene rings is 3. The van der Waals surface area contributed by atoms with Crippen LogP contribution in [0.2, 0.25) is 0 Å². The SMILES string of the molecule is Cc1ccc(-c2nc3c([nH]c2-c2ccc(C)cc2)c(F)cc2c(=O)c(C(=O)O)cnc23)cc1. The van der Waals surface area contributed by atoms with Crippen LogP contribution in [0.25, 0.3) is 44.5 Å². The Labute approximate surface area is 187 Å². The van der Waals surface area contributed by atoms with Crippen molar-refractivity contribution in [2.75, 3.05) is 0 Å². The summed E-state index contributed by atoms with van der Waals surface area (Å²) < 4.78 is 15.2. The van der Waals surface area contributed by atoms with Gasteiger partial charge in [-0.15, -0.1) is 0 Å². The summed E-state index contributed by atoms with van der Waals surface area (Å²) in [5, 5.41) is 9.12. The number of halogens is 1. The minimum absolute atomic E-state index is 0.0870. The van der Waals surface area contributed by atoms with Crippen LogP contribution < -0.4 is 5.43 Å². The van der Waals surface area contributed by atoms with Gasteiger partial charge in [0.1, 0.15) is 27.9 Å². The number of carbonyl (C=O) groups is 1. The van der Waals surface area contributed by atoms with E-state index in [1.807, 2.05) is 62.4 Å². The van der Waals surface area contributed by atoms with Gasteiger partial charge in [0.15, 0.2) is 0 Å². The van der Waals surface area contributed by atoms with E-state index in [-0.39, 0.29) is 21.9 Å². The molecule has 0 radical (unpaired) electrons. The van der Waals surface area contributed by atoms with Crippen LogP contribution in [0.4, 0.5) is 4.39 Å². The van der Waals surface area contributed by atoms with Crippen molar-refractivity contribution in [3.05, 3.63) is 93.5 Å². The standard InChI is InChI=1S/C26H18FN3O3/c1-13-3-7-15(8-4-13)20-21(16-9-5-14(2)6-10-16)30-24-22-17(11-19(27)23(24)29-20)25(31)18(12-28-22)26(32)33/h3-12,29H,1-2H3,(H,32,33). The van der Waals surface area contributed by atoms with Gasteiger partial charge in [-0.2, -0.15) is 0 Å². The highest BCUT2D eigenvalue weighted by Crippen LogP contribution is 2.33. The first kappa shape index (κ1) is 20.5. The third-order valence-electron chi connectivity index (χ3n) is 5.64. The van der Waals surface area contributed by atoms with Gasteiger partial charge in [0.05, 0.1) is 16.8 Å². The number of aromatic carboxylic acids is 1. The van der Waals surface area contributed by atoms with Crippen molar-refractivity contribution in [1.29, 1.82) is 0 Å². The summed E-state index contributed by atoms with van der Waals surface area (Å²) in [6.45, 7) is 3.96. The molecule has 0 atom stereocenters. The van der Waals surface area contributed by atoms with Gasteiger partial charge in [0.2, 0.25) is 5.43 Å². The molecule has 0 fully saturated rings. The second-order valence-corrected chi connectivity index (χ2v) is 7.98. The highest BCUT2D eigenvalue weighted by Gasteiger charge is 2.20. The number of fused-ring (bicyclic) bond motifs is 3. The summed E-state index contributed by atoms with van der Waals surface area (Å²) in [7, 11) is 0. The van der Waals surface area contributed by atoms with Crippen LogP contribution in [0.3, 0.4) is 0 Å². The second-order valence-electron chi connectivity index (χ2n) is 7.98. The van der Waals surface area contributed by atoms with Gasteiger partial charge in [-0.05, 0) is 19.9 Å². The van der Waals surface area contributed by atoms with Crippen LogP contribution in [0, 0.1) is 19.7 Å². The van der Waals surface area contributed by atoms with E-state index in [1.165, 1.54) is 0 Å². The molecule has 0 saturated carbocycles. The molecule has 0 bridgehead atoms. The Morgan fingerprint density at radius 1 is 0.939 bits per heavy atom. The Morgan fingerprint density at radius 2 is 1.55 bits per heavy atom. The maximum absolute atomic E-state index is 15.2. The van der Waals surface area contributed by atoms with Crippen LogP contribution in [-0.4, -0.2) is 26.0 Å². The third kappa shape index (κ3) is 3.43. The summed E-state index contributed by atoms with van der Waals surface area (Å²) in [6.07, 6.45) is 0.992. The summed E-state index contributed by atoms with van der Waals surface area (Å²) >= 11 is 0. The molecule has 0 aliphatic rings. The van der Waals surface area contributed by atoms with Crippen LogP contribution in [0.5, 0.6) is 0 Å². The van der Waals surface area contributed by atoms with Gasteiger partial charge < -0.3 is 10.1 Å². The first-order valence-electron chi connectivity index (χ1n) is 10.3. The molecule has 162 valence electrons. The van der Waals surface area contributed by atoms with E-state index in [2.05, 4.69) is 9.97 Å². The average Bonchev–Trinajstić information content (AvgIpc) is 2.80. The highest BCUT2D eigenvalue weighted by molar-refractivity contribution is 6.05. The number of rotatable bonds is 3. The fraction of sp³-hybridized carbons (Fsp3) is 0.0769. The lowest BCUT2D eigenvalue weighted by Gasteiger charge is -2.14. The van der Waals surface area contributed by atoms with Crippen LogP contribution in [0.1, 0.15) is 21.5 Å². The normalized spacial score (nSPS) is 11.2. The summed E-state index contributed by atoms with van der Waals surface area (Å²) in [6, 6.07) is 16.5. The van der Waals surface area contributed by atoms with Crippen molar-refractivity contribution in [2.24, 2.45) is 0 Å². The molecule has 2 aromatic heterocycles. The van der Waals surface area contributed by atoms with Gasteiger partial charge in [-0.3, -0.25) is 9.78 Å². The molecule has 0 aliphatic carbocycles. The molecule has 0 amide bonds. The number of carboxylic acids is 1. The molecule has 2 heterocycles. The highest BCUT2D eigenvalue weighted by atomic mass is 19.1. The number of H-pyrrole nitrogens is 1. The largest absolute Gasteiger partial charge is 0.477 e. The topological polar surface area (TPSA) is 95.9 Å². The van der Waals surface area contributed by atoms with E-state index in [1.54, 1.807) is 0 Å². The molecule has 33 heavy (non-hydrogen) atoms. The Kier molecular flexibility index (Phi) is 4.74. The summed E-state index contributed by atoms with van der Waals surface area (Å²) in [4.78, 5) is 36.1. The molecule has 5 rings (SSSR count). The van der Waals surface area contributed by atoms with E-state index in [4.69, 9.17) is 4.98 Å². The van der Waals surface area contributed by atoms with Crippen LogP contribution in [0.15, 0.2) is 65.6 Å². The van der Waals surface area contributed by atoms with Crippen molar-refractivity contribution >= 4 is 27.9 Å². The fourth-order valence-corrected chi connectivity index (χ4v) is 3.84. The fourth-order valence-electron chi connectivity index (χ4n) is 3.84. The zero-order valence-corrected chi connectivity index (χ0v) is 17.8. The maximum atomic E-state index is 15.2. The van der Waals surface area contributed by atoms with Crippen molar-refractivity contribution in [2.45, 2.75) is 13.8 Å². The molecular formula is C26H18FN3O3. The first-order chi connectivity index (χ1) is 15.8. The summed E-state index contributed by atoms with van der Waals surface area (Å²) in [5.74, 6) is -2.13. The lowest BCUT2D eigenvalue weighted by Crippen LogP contribution is -2.16. The number of aromatic nitrogens is 3. The number of nitrogens with one attached hydrogen (secondary N) is 1. The van der Waals surface area contributed by atoms with Crippen LogP contribution in [-0.2, 0) is 0 Å². The molecule has 2 N–H and O–H groups in total. The van der Waals surface area contributed by atoms with E-state index < -0.39 is 22.8 Å². The van der Waals surface area contributed by atoms with E-state index in [0.29, 0.717) is 11.4 Å². The van der Waals surface area contributed by atoms with Gasteiger partial charge >= 0.3 is 5.97 Å². The molecular weight excluding hydrogens is 421 g/mol. The van der Waals surface area contributed by atoms with E-state index in [9.17, 15) is 14.7 Å². The quantitative estimate of drug-likeness (QED) is 0.374. The predicted molar refractivity (Wildman–Crippen MR) is 125 cm³/mol. The van der Waals surface area contributed by atoms with Gasteiger partial charge in [-0.25, -0.2) is 14.2 Å². The first-order valence-corrected chi connectivity index (χ1v) is 10.3. The van der Waals surface area contributed by atoms with E-state index in [0.717, 1.165) is 34.5 Å². The zero-order chi connectivity index (χ0) is 23.3. The minimum Gasteiger partial charge on any atom is -0.477 e. The Hall–Kier alpha value is -4.39. The molecule has 0 saturated heterocycles. The van der Waals surface area contributed by atoms with Gasteiger partial charge in [-0.1, -0.05) is 59.7 Å². The number of nitrogens with zero attached hydrogens (tertiary/aromatic N) is 2. The number of hydrogen-bond donors (Lipinski definition) is 2. The predicted octanol–water partition coefficient (Wildman–Crippen LogP) is 5.26. The smallest absolute Gasteiger partial charge is 0.341 e. The van der Waals surface area contributed by atoms with E-state index >= 15 is 4.39 Å². The van der Waals surface area contributed by atoms with Gasteiger partial charge in [0, 0.05) is 17.3 Å². The number of hydrogen-bond acceptors (Lipinski definition) is 4. The molecule has 7 heteroatoms. The number of aryl methyl sites for hydroxylation is 2. The number of aromatic amines is 1. The Morgan fingerprint density at radius 3 is 2.15 bits per heavy atom.